The minimum atomic E-state index is -1.06. The number of rotatable bonds is 50. The number of imidazole rings is 1. The van der Waals surface area contributed by atoms with Crippen molar-refractivity contribution in [2.24, 2.45) is 17.6 Å². The quantitative estimate of drug-likeness (QED) is 0.0371. The number of amides is 2. The molecule has 0 saturated heterocycles. The van der Waals surface area contributed by atoms with Crippen LogP contribution < -0.4 is 16.4 Å². The van der Waals surface area contributed by atoms with Crippen LogP contribution in [-0.4, -0.2) is 133 Å². The zero-order chi connectivity index (χ0) is 49.9. The summed E-state index contributed by atoms with van der Waals surface area (Å²) in [6, 6.07) is -0.815. The molecule has 1 aromatic heterocycles. The molecule has 0 aliphatic heterocycles. The molecule has 18 nitrogen and oxygen atoms in total. The van der Waals surface area contributed by atoms with Gasteiger partial charge in [0.2, 0.25) is 11.8 Å². The van der Waals surface area contributed by atoms with Crippen molar-refractivity contribution >= 4 is 41.1 Å². The van der Waals surface area contributed by atoms with Crippen LogP contribution in [0.1, 0.15) is 175 Å². The van der Waals surface area contributed by atoms with E-state index >= 15 is 0 Å². The van der Waals surface area contributed by atoms with Crippen LogP contribution in [0.25, 0.3) is 0 Å². The Morgan fingerprint density at radius 1 is 0.588 bits per heavy atom. The van der Waals surface area contributed by atoms with Gasteiger partial charge in [0, 0.05) is 71.5 Å². The molecule has 392 valence electrons. The van der Waals surface area contributed by atoms with Crippen molar-refractivity contribution in [3.05, 3.63) is 18.2 Å². The van der Waals surface area contributed by atoms with E-state index < -0.39 is 29.8 Å². The number of aromatic nitrogens is 2. The Hall–Kier alpha value is -4.10. The van der Waals surface area contributed by atoms with E-state index in [0.717, 1.165) is 19.3 Å². The third-order valence-corrected chi connectivity index (χ3v) is 11.7. The van der Waals surface area contributed by atoms with Gasteiger partial charge >= 0.3 is 11.9 Å². The molecule has 0 spiro atoms. The van der Waals surface area contributed by atoms with Crippen molar-refractivity contribution in [1.82, 2.24) is 20.6 Å². The predicted octanol–water partition coefficient (Wildman–Crippen LogP) is 6.71. The third-order valence-electron chi connectivity index (χ3n) is 11.7. The summed E-state index contributed by atoms with van der Waals surface area (Å²) in [5.74, 6) is -4.93. The first-order valence-electron chi connectivity index (χ1n) is 25.5. The van der Waals surface area contributed by atoms with Crippen LogP contribution in [0.2, 0.25) is 0 Å². The van der Waals surface area contributed by atoms with Crippen molar-refractivity contribution in [2.75, 3.05) is 65.9 Å². The van der Waals surface area contributed by atoms with Crippen LogP contribution >= 0.6 is 0 Å². The Kier molecular flexibility index (Phi) is 39.1. The van der Waals surface area contributed by atoms with E-state index in [4.69, 9.17) is 24.7 Å². The monoisotopic (exact) mass is 968 g/mol. The molecule has 0 fully saturated rings. The van der Waals surface area contributed by atoms with E-state index in [-0.39, 0.29) is 128 Å². The van der Waals surface area contributed by atoms with Crippen LogP contribution in [0.5, 0.6) is 0 Å². The maximum atomic E-state index is 12.5. The number of hydrogen-bond acceptors (Lipinski definition) is 13. The number of aliphatic carboxylic acids is 2. The number of nitrogens with two attached hydrogens (primary N) is 1. The van der Waals surface area contributed by atoms with E-state index in [9.17, 15) is 43.8 Å². The molecule has 68 heavy (non-hydrogen) atoms. The van der Waals surface area contributed by atoms with Crippen molar-refractivity contribution < 1.29 is 64.1 Å². The number of carboxylic acids is 2. The number of carboxylic acid groups (broad SMARTS) is 2. The minimum absolute atomic E-state index is 0. The third kappa shape index (κ3) is 36.9. The number of carbonyl (C=O) groups excluding carboxylic acids is 5. The Balaban J connectivity index is 0.0000462. The van der Waals surface area contributed by atoms with Gasteiger partial charge in [-0.25, -0.2) is 4.98 Å². The molecule has 0 aliphatic carbocycles. The van der Waals surface area contributed by atoms with Crippen LogP contribution in [-0.2, 0) is 58.9 Å². The minimum Gasteiger partial charge on any atom is -0.481 e. The molecular weight excluding hydrogens is 879 g/mol. The van der Waals surface area contributed by atoms with E-state index in [2.05, 4.69) is 27.5 Å². The molecule has 1 aromatic rings. The standard InChI is InChI=1S/C50H87N5O13.H2/c1-2-3-4-5-6-7-8-9-10-11-12-13-14-15-16-21-43(56)33-41(50(63)64)23-24-47(59)54-26-28-66-30-31-67-37-44(57)22-19-27-65-29-32-68-38-48(60)53-25-18-17-20-40(49(61)62)34-46(58)45(51)35-42-36-52-39-55-42;/h36,39-41,45H,2-35,37-38,51H2,1H3,(H,52,55)(H,53,60)(H,54,59)(H,61,62)(H,63,64);1H/t40-,41-,45+;/m1./s1. The first-order valence-corrected chi connectivity index (χ1v) is 25.5. The average Bonchev–Trinajstić information content (AvgIpc) is 3.83. The predicted molar refractivity (Wildman–Crippen MR) is 260 cm³/mol. The van der Waals surface area contributed by atoms with Gasteiger partial charge in [0.05, 0.1) is 57.2 Å². The molecule has 1 heterocycles. The lowest BCUT2D eigenvalue weighted by Gasteiger charge is -2.15. The van der Waals surface area contributed by atoms with Crippen molar-refractivity contribution in [3.63, 3.8) is 0 Å². The number of Topliss-reactive ketones (excluding diaryl/α,β-unsaturated/α-hetero) is 3. The van der Waals surface area contributed by atoms with Crippen molar-refractivity contribution in [3.8, 4) is 0 Å². The van der Waals surface area contributed by atoms with Gasteiger partial charge in [0.15, 0.2) is 11.6 Å². The molecule has 0 radical (unpaired) electrons. The second-order valence-corrected chi connectivity index (χ2v) is 17.8. The average molecular weight is 968 g/mol. The Bertz CT molecular complexity index is 1500. The maximum absolute atomic E-state index is 12.5. The SMILES string of the molecule is CCCCCCCCCCCCCCCCCC(=O)C[C@@H](CCC(=O)NCCOCCOCC(=O)CCCOCCOCC(=O)NCCCC[C@H](CC(=O)[C@@H](N)Cc1cnc[nH]1)C(=O)O)C(=O)O.[HH]. The second kappa shape index (κ2) is 43.0. The van der Waals surface area contributed by atoms with Crippen molar-refractivity contribution in [1.29, 1.82) is 0 Å². The lowest BCUT2D eigenvalue weighted by atomic mass is 9.92. The first kappa shape index (κ1) is 61.9. The van der Waals surface area contributed by atoms with Gasteiger partial charge in [-0.1, -0.05) is 103 Å². The van der Waals surface area contributed by atoms with Gasteiger partial charge in [0.25, 0.3) is 0 Å². The van der Waals surface area contributed by atoms with Crippen molar-refractivity contribution in [2.45, 2.75) is 180 Å². The van der Waals surface area contributed by atoms with E-state index in [1.807, 2.05) is 0 Å². The number of carbonyl (C=O) groups is 7. The summed E-state index contributed by atoms with van der Waals surface area (Å²) < 4.78 is 21.6. The molecule has 0 saturated carbocycles. The van der Waals surface area contributed by atoms with Crippen LogP contribution in [0, 0.1) is 11.8 Å². The summed E-state index contributed by atoms with van der Waals surface area (Å²) in [7, 11) is 0. The molecule has 3 atom stereocenters. The molecule has 0 unspecified atom stereocenters. The lowest BCUT2D eigenvalue weighted by molar-refractivity contribution is -0.144. The van der Waals surface area contributed by atoms with Crippen LogP contribution in [0.3, 0.4) is 0 Å². The van der Waals surface area contributed by atoms with Crippen LogP contribution in [0.4, 0.5) is 0 Å². The molecule has 7 N–H and O–H groups in total. The van der Waals surface area contributed by atoms with Gasteiger partial charge in [-0.2, -0.15) is 0 Å². The molecule has 18 heteroatoms. The number of nitrogens with zero attached hydrogens (tertiary/aromatic N) is 1. The second-order valence-electron chi connectivity index (χ2n) is 17.8. The number of ketones is 3. The lowest BCUT2D eigenvalue weighted by Crippen LogP contribution is -2.35. The highest BCUT2D eigenvalue weighted by atomic mass is 16.5. The number of ether oxygens (including phenoxy) is 4. The summed E-state index contributed by atoms with van der Waals surface area (Å²) in [5.41, 5.74) is 6.64. The molecule has 0 aliphatic rings. The van der Waals surface area contributed by atoms with E-state index in [1.165, 1.54) is 83.4 Å². The number of nitrogens with one attached hydrogen (secondary N) is 3. The van der Waals surface area contributed by atoms with Gasteiger partial charge in [-0.05, 0) is 32.1 Å². The topological polar surface area (TPSA) is 276 Å². The van der Waals surface area contributed by atoms with E-state index in [1.54, 1.807) is 6.20 Å². The van der Waals surface area contributed by atoms with Crippen LogP contribution in [0.15, 0.2) is 12.5 Å². The van der Waals surface area contributed by atoms with Gasteiger partial charge in [-0.3, -0.25) is 33.6 Å². The molecule has 0 aromatic carbocycles. The van der Waals surface area contributed by atoms with E-state index in [0.29, 0.717) is 44.5 Å². The number of hydrogen-bond donors (Lipinski definition) is 6. The summed E-state index contributed by atoms with van der Waals surface area (Å²) >= 11 is 0. The molecule has 1 rings (SSSR count). The summed E-state index contributed by atoms with van der Waals surface area (Å²) in [5, 5.41) is 24.5. The van der Waals surface area contributed by atoms with Gasteiger partial charge in [0.1, 0.15) is 19.0 Å². The fourth-order valence-corrected chi connectivity index (χ4v) is 7.52. The number of aromatic amines is 1. The molecule has 0 bridgehead atoms. The largest absolute Gasteiger partial charge is 0.481 e. The fourth-order valence-electron chi connectivity index (χ4n) is 7.52. The highest BCUT2D eigenvalue weighted by Gasteiger charge is 2.25. The zero-order valence-electron chi connectivity index (χ0n) is 41.3. The first-order chi connectivity index (χ1) is 32.9. The highest BCUT2D eigenvalue weighted by Crippen LogP contribution is 2.18. The Morgan fingerprint density at radius 2 is 1.13 bits per heavy atom. The highest BCUT2D eigenvalue weighted by molar-refractivity contribution is 5.88. The summed E-state index contributed by atoms with van der Waals surface area (Å²) in [4.78, 5) is 91.4. The molecular formula is C50H89N5O13. The summed E-state index contributed by atoms with van der Waals surface area (Å²) in [6.07, 6.45) is 24.3. The zero-order valence-corrected chi connectivity index (χ0v) is 41.3. The maximum Gasteiger partial charge on any atom is 0.306 e. The van der Waals surface area contributed by atoms with Gasteiger partial charge < -0.3 is 50.5 Å². The number of H-pyrrole nitrogens is 1. The Labute approximate surface area is 406 Å². The Morgan fingerprint density at radius 3 is 1.74 bits per heavy atom. The molecule has 2 amide bonds. The smallest absolute Gasteiger partial charge is 0.306 e. The normalized spacial score (nSPS) is 12.6. The fraction of sp³-hybridized carbons (Fsp3) is 0.800. The number of unbranched alkanes of at least 4 members (excludes halogenated alkanes) is 15. The van der Waals surface area contributed by atoms with Gasteiger partial charge in [-0.15, -0.1) is 0 Å². The summed E-state index contributed by atoms with van der Waals surface area (Å²) in [6.45, 7) is 4.04.